The largest absolute Gasteiger partial charge is 0.378 e. The lowest BCUT2D eigenvalue weighted by molar-refractivity contribution is -0.114. The molecule has 0 bridgehead atoms. The number of anilines is 3. The first-order valence-electron chi connectivity index (χ1n) is 14.7. The number of primary amides is 1. The van der Waals surface area contributed by atoms with Gasteiger partial charge in [0.15, 0.2) is 17.5 Å². The Balaban J connectivity index is 0.00000345. The van der Waals surface area contributed by atoms with Crippen molar-refractivity contribution in [2.45, 2.75) is 20.3 Å². The average Bonchev–Trinajstić information content (AvgIpc) is 3.06. The van der Waals surface area contributed by atoms with Gasteiger partial charge in [-0.3, -0.25) is 24.7 Å². The molecule has 15 heteroatoms. The van der Waals surface area contributed by atoms with Crippen molar-refractivity contribution in [1.29, 1.82) is 0 Å². The molecule has 3 rings (SSSR count). The van der Waals surface area contributed by atoms with Gasteiger partial charge in [-0.25, -0.2) is 14.2 Å². The third kappa shape index (κ3) is 12.0. The lowest BCUT2D eigenvalue weighted by atomic mass is 10.2. The number of hydrogen-bond donors (Lipinski definition) is 2. The Morgan fingerprint density at radius 2 is 1.87 bits per heavy atom. The third-order valence-electron chi connectivity index (χ3n) is 6.40. The smallest absolute Gasteiger partial charge is 0.251 e. The van der Waals surface area contributed by atoms with Gasteiger partial charge in [-0.2, -0.15) is 0 Å². The molecule has 1 fully saturated rings. The molecule has 2 heterocycles. The number of rotatable bonds is 17. The first-order chi connectivity index (χ1) is 21.8. The molecule has 1 saturated heterocycles. The number of ether oxygens (including phenoxy) is 1. The van der Waals surface area contributed by atoms with Crippen LogP contribution in [0.2, 0.25) is 0 Å². The van der Waals surface area contributed by atoms with E-state index in [1.54, 1.807) is 0 Å². The fourth-order valence-electron chi connectivity index (χ4n) is 4.05. The number of halogens is 1. The van der Waals surface area contributed by atoms with E-state index >= 15 is 0 Å². The summed E-state index contributed by atoms with van der Waals surface area (Å²) in [4.78, 5) is 39.6. The van der Waals surface area contributed by atoms with Crippen LogP contribution >= 0.6 is 11.6 Å². The number of nitrogens with zero attached hydrogens (tertiary/aromatic N) is 8. The molecule has 1 aliphatic rings. The molecule has 246 valence electrons. The highest BCUT2D eigenvalue weighted by Crippen LogP contribution is 2.37. The van der Waals surface area contributed by atoms with Gasteiger partial charge < -0.3 is 25.0 Å². The average molecular weight is 661 g/mol. The predicted molar refractivity (Wildman–Crippen MR) is 189 cm³/mol. The second kappa shape index (κ2) is 20.3. The molecule has 13 nitrogen and oxygen atoms in total. The van der Waals surface area contributed by atoms with Crippen LogP contribution in [-0.4, -0.2) is 116 Å². The molecule has 45 heavy (non-hydrogen) atoms. The van der Waals surface area contributed by atoms with Crippen LogP contribution in [0.25, 0.3) is 11.4 Å². The van der Waals surface area contributed by atoms with E-state index in [2.05, 4.69) is 38.0 Å². The number of likely N-dealkylation sites (N-methyl/N-ethyl adjacent to an activating group) is 2. The van der Waals surface area contributed by atoms with E-state index in [0.717, 1.165) is 11.3 Å². The molecule has 1 aromatic carbocycles. The molecule has 0 aliphatic carbocycles. The lowest BCUT2D eigenvalue weighted by Gasteiger charge is -2.31. The number of carbonyl (C=O) groups excluding carboxylic acids is 1. The Labute approximate surface area is 273 Å². The van der Waals surface area contributed by atoms with E-state index < -0.39 is 16.9 Å². The number of carbonyl (C=O) groups is 1. The third-order valence-corrected chi connectivity index (χ3v) is 7.79. The molecular formula is C30H45ClN10O3S. The van der Waals surface area contributed by atoms with Crippen molar-refractivity contribution < 1.29 is 13.7 Å². The van der Waals surface area contributed by atoms with Gasteiger partial charge in [-0.15, -0.1) is 11.6 Å². The van der Waals surface area contributed by atoms with Gasteiger partial charge in [-0.05, 0) is 51.2 Å². The zero-order valence-corrected chi connectivity index (χ0v) is 28.2. The number of alkyl halides is 1. The van der Waals surface area contributed by atoms with Crippen LogP contribution in [0.1, 0.15) is 20.3 Å². The molecule has 1 atom stereocenters. The van der Waals surface area contributed by atoms with Crippen LogP contribution in [0.3, 0.4) is 0 Å². The van der Waals surface area contributed by atoms with Crippen LogP contribution in [0.15, 0.2) is 51.0 Å². The monoisotopic (exact) mass is 660 g/mol. The molecule has 0 radical (unpaired) electrons. The minimum Gasteiger partial charge on any atom is -0.378 e. The lowest BCUT2D eigenvalue weighted by Crippen LogP contribution is -2.37. The molecule has 1 unspecified atom stereocenters. The number of benzene rings is 1. The van der Waals surface area contributed by atoms with Gasteiger partial charge in [0.2, 0.25) is 0 Å². The SMILES string of the molecule is C=N/C=C(\C=N/CN(C)CCN(C)c1nc(-c2ccc(NS(=O)CCCCl)cc2)nc(N2CCOCC2)c1N=C)C(N)=O.CC. The summed E-state index contributed by atoms with van der Waals surface area (Å²) >= 11 is 5.72. The number of nitrogens with one attached hydrogen (secondary N) is 1. The summed E-state index contributed by atoms with van der Waals surface area (Å²) in [6.07, 6.45) is 3.33. The van der Waals surface area contributed by atoms with Gasteiger partial charge in [-0.1, -0.05) is 13.8 Å². The number of amides is 1. The Morgan fingerprint density at radius 1 is 1.18 bits per heavy atom. The van der Waals surface area contributed by atoms with Crippen LogP contribution < -0.4 is 20.3 Å². The summed E-state index contributed by atoms with van der Waals surface area (Å²) in [6.45, 7) is 15.2. The van der Waals surface area contributed by atoms with Crippen molar-refractivity contribution in [2.75, 3.05) is 86.3 Å². The summed E-state index contributed by atoms with van der Waals surface area (Å²) in [5, 5.41) is 0. The summed E-state index contributed by atoms with van der Waals surface area (Å²) in [5.74, 6) is 2.18. The van der Waals surface area contributed by atoms with Crippen molar-refractivity contribution in [2.24, 2.45) is 20.7 Å². The number of nitrogens with two attached hydrogens (primary N) is 1. The van der Waals surface area contributed by atoms with Gasteiger partial charge in [0.1, 0.15) is 16.7 Å². The molecule has 1 aliphatic heterocycles. The Morgan fingerprint density at radius 3 is 2.47 bits per heavy atom. The second-order valence-electron chi connectivity index (χ2n) is 9.66. The van der Waals surface area contributed by atoms with Crippen LogP contribution in [0.4, 0.5) is 23.0 Å². The minimum atomic E-state index is -1.21. The van der Waals surface area contributed by atoms with E-state index in [1.165, 1.54) is 12.4 Å². The van der Waals surface area contributed by atoms with E-state index in [-0.39, 0.29) is 5.57 Å². The van der Waals surface area contributed by atoms with Crippen LogP contribution in [0, 0.1) is 0 Å². The fraction of sp³-hybridized carbons (Fsp3) is 0.467. The quantitative estimate of drug-likeness (QED) is 0.148. The van der Waals surface area contributed by atoms with E-state index in [9.17, 15) is 9.00 Å². The number of hydrogen-bond acceptors (Lipinski definition) is 11. The van der Waals surface area contributed by atoms with Gasteiger partial charge in [0.25, 0.3) is 5.91 Å². The van der Waals surface area contributed by atoms with Crippen molar-refractivity contribution in [1.82, 2.24) is 14.9 Å². The first-order valence-corrected chi connectivity index (χ1v) is 16.5. The Bertz CT molecular complexity index is 1330. The summed E-state index contributed by atoms with van der Waals surface area (Å²) < 4.78 is 20.8. The van der Waals surface area contributed by atoms with Crippen molar-refractivity contribution in [3.63, 3.8) is 0 Å². The minimum absolute atomic E-state index is 0.176. The standard InChI is InChI=1S/C28H39ClN10O3S.C2H6/c1-31-18-22(25(30)40)19-33-20-37(3)11-12-38(4)27-24(32-2)28(39-13-15-42-16-14-39)35-26(34-27)21-6-8-23(9-7-21)36-43(41)17-5-10-29;1-2/h6-9,18-19,36H,1-2,5,10-17,20H2,3-4H3,(H2,30,40);1-2H3/b22-18+,33-19-;. The first kappa shape index (κ1) is 37.5. The van der Waals surface area contributed by atoms with Crippen LogP contribution in [-0.2, 0) is 20.5 Å². The summed E-state index contributed by atoms with van der Waals surface area (Å²) in [5.41, 5.74) is 7.63. The normalized spacial score (nSPS) is 14.1. The summed E-state index contributed by atoms with van der Waals surface area (Å²) in [6, 6.07) is 7.50. The molecular weight excluding hydrogens is 616 g/mol. The maximum Gasteiger partial charge on any atom is 0.251 e. The number of aromatic nitrogens is 2. The molecule has 1 aromatic heterocycles. The van der Waals surface area contributed by atoms with Gasteiger partial charge >= 0.3 is 0 Å². The highest BCUT2D eigenvalue weighted by molar-refractivity contribution is 7.86. The second-order valence-corrected chi connectivity index (χ2v) is 11.3. The highest BCUT2D eigenvalue weighted by atomic mass is 35.5. The highest BCUT2D eigenvalue weighted by Gasteiger charge is 2.23. The topological polar surface area (TPSA) is 154 Å². The predicted octanol–water partition coefficient (Wildman–Crippen LogP) is 3.51. The van der Waals surface area contributed by atoms with Gasteiger partial charge in [0, 0.05) is 68.5 Å². The van der Waals surface area contributed by atoms with Crippen molar-refractivity contribution in [3.8, 4) is 11.4 Å². The number of morpholine rings is 1. The maximum absolute atomic E-state index is 12.2. The zero-order chi connectivity index (χ0) is 33.2. The maximum atomic E-state index is 12.2. The fourth-order valence-corrected chi connectivity index (χ4v) is 5.25. The van der Waals surface area contributed by atoms with E-state index in [1.807, 2.05) is 62.0 Å². The van der Waals surface area contributed by atoms with E-state index in [0.29, 0.717) is 87.3 Å². The van der Waals surface area contributed by atoms with Crippen molar-refractivity contribution in [3.05, 3.63) is 36.0 Å². The van der Waals surface area contributed by atoms with Crippen molar-refractivity contribution >= 4 is 71.2 Å². The summed E-state index contributed by atoms with van der Waals surface area (Å²) in [7, 11) is 2.64. The molecule has 0 spiro atoms. The van der Waals surface area contributed by atoms with Gasteiger partial charge in [0.05, 0.1) is 25.5 Å². The zero-order valence-electron chi connectivity index (χ0n) is 26.6. The van der Waals surface area contributed by atoms with Crippen LogP contribution in [0.5, 0.6) is 0 Å². The Hall–Kier alpha value is -3.72. The molecule has 1 amide bonds. The molecule has 0 saturated carbocycles. The van der Waals surface area contributed by atoms with E-state index in [4.69, 9.17) is 32.0 Å². The molecule has 3 N–H and O–H groups in total. The molecule has 2 aromatic rings. The Kier molecular flexibility index (Phi) is 16.9. The number of aliphatic imine (C=N–C) groups is 3.